The summed E-state index contributed by atoms with van der Waals surface area (Å²) in [5.74, 6) is -1.23. The molecule has 6 heteroatoms. The summed E-state index contributed by atoms with van der Waals surface area (Å²) < 4.78 is 26.1. The highest BCUT2D eigenvalue weighted by Gasteiger charge is 2.22. The number of hydrogen-bond donors (Lipinski definition) is 0. The molecule has 0 aliphatic carbocycles. The van der Waals surface area contributed by atoms with Gasteiger partial charge in [-0.3, -0.25) is 9.78 Å². The Kier molecular flexibility index (Phi) is 2.18. The summed E-state index contributed by atoms with van der Waals surface area (Å²) in [4.78, 5) is 18.8. The highest BCUT2D eigenvalue weighted by molar-refractivity contribution is 6.07. The number of ketones is 1. The van der Waals surface area contributed by atoms with Crippen molar-refractivity contribution in [1.29, 1.82) is 0 Å². The van der Waals surface area contributed by atoms with Gasteiger partial charge in [-0.05, 0) is 0 Å². The molecule has 2 heterocycles. The van der Waals surface area contributed by atoms with Gasteiger partial charge in [0, 0.05) is 13.2 Å². The first-order chi connectivity index (χ1) is 7.11. The van der Waals surface area contributed by atoms with Crippen LogP contribution in [0.2, 0.25) is 0 Å². The SMILES string of the molecule is Cn1cnc2cncc(C(=O)C(F)F)c21. The Balaban J connectivity index is 2.70. The van der Waals surface area contributed by atoms with Crippen molar-refractivity contribution in [3.8, 4) is 0 Å². The number of aryl methyl sites for hydroxylation is 1. The maximum atomic E-state index is 12.3. The van der Waals surface area contributed by atoms with Crippen molar-refractivity contribution < 1.29 is 13.6 Å². The van der Waals surface area contributed by atoms with E-state index in [1.54, 1.807) is 7.05 Å². The van der Waals surface area contributed by atoms with Crippen LogP contribution in [0.5, 0.6) is 0 Å². The van der Waals surface area contributed by atoms with Gasteiger partial charge in [-0.2, -0.15) is 0 Å². The van der Waals surface area contributed by atoms with Crippen LogP contribution in [0.15, 0.2) is 18.7 Å². The Morgan fingerprint density at radius 3 is 2.87 bits per heavy atom. The van der Waals surface area contributed by atoms with Gasteiger partial charge in [-0.25, -0.2) is 13.8 Å². The first-order valence-electron chi connectivity index (χ1n) is 4.18. The van der Waals surface area contributed by atoms with Gasteiger partial charge in [0.2, 0.25) is 5.78 Å². The molecule has 2 aromatic heterocycles. The quantitative estimate of drug-likeness (QED) is 0.706. The monoisotopic (exact) mass is 211 g/mol. The van der Waals surface area contributed by atoms with Crippen molar-refractivity contribution in [2.75, 3.05) is 0 Å². The van der Waals surface area contributed by atoms with Gasteiger partial charge in [0.25, 0.3) is 0 Å². The number of halogens is 2. The van der Waals surface area contributed by atoms with E-state index in [9.17, 15) is 13.6 Å². The first kappa shape index (κ1) is 9.70. The number of rotatable bonds is 2. The largest absolute Gasteiger partial charge is 0.333 e. The third kappa shape index (κ3) is 1.47. The lowest BCUT2D eigenvalue weighted by Crippen LogP contribution is -2.12. The van der Waals surface area contributed by atoms with Crippen molar-refractivity contribution in [3.63, 3.8) is 0 Å². The predicted molar refractivity (Wildman–Crippen MR) is 48.8 cm³/mol. The van der Waals surface area contributed by atoms with Gasteiger partial charge >= 0.3 is 6.43 Å². The highest BCUT2D eigenvalue weighted by atomic mass is 19.3. The van der Waals surface area contributed by atoms with E-state index in [1.165, 1.54) is 17.1 Å². The van der Waals surface area contributed by atoms with Crippen LogP contribution in [0.25, 0.3) is 11.0 Å². The number of hydrogen-bond acceptors (Lipinski definition) is 3. The minimum Gasteiger partial charge on any atom is -0.333 e. The second-order valence-corrected chi connectivity index (χ2v) is 3.08. The highest BCUT2D eigenvalue weighted by Crippen LogP contribution is 2.18. The fourth-order valence-corrected chi connectivity index (χ4v) is 1.41. The molecule has 2 rings (SSSR count). The van der Waals surface area contributed by atoms with Crippen LogP contribution in [0.4, 0.5) is 8.78 Å². The second-order valence-electron chi connectivity index (χ2n) is 3.08. The van der Waals surface area contributed by atoms with Gasteiger partial charge in [0.1, 0.15) is 5.52 Å². The fraction of sp³-hybridized carbons (Fsp3) is 0.222. The molecule has 0 saturated heterocycles. The Bertz CT molecular complexity index is 521. The Hall–Kier alpha value is -1.85. The molecule has 0 radical (unpaired) electrons. The van der Waals surface area contributed by atoms with Crippen LogP contribution < -0.4 is 0 Å². The zero-order valence-corrected chi connectivity index (χ0v) is 7.82. The van der Waals surface area contributed by atoms with Gasteiger partial charge in [-0.15, -0.1) is 0 Å². The molecule has 0 spiro atoms. The van der Waals surface area contributed by atoms with Gasteiger partial charge in [0.05, 0.1) is 23.6 Å². The van der Waals surface area contributed by atoms with Crippen LogP contribution in [-0.4, -0.2) is 26.7 Å². The van der Waals surface area contributed by atoms with E-state index in [0.717, 1.165) is 6.20 Å². The lowest BCUT2D eigenvalue weighted by atomic mass is 10.1. The molecule has 0 saturated carbocycles. The number of alkyl halides is 2. The van der Waals surface area contributed by atoms with E-state index in [2.05, 4.69) is 9.97 Å². The number of pyridine rings is 1. The third-order valence-electron chi connectivity index (χ3n) is 2.08. The minimum absolute atomic E-state index is 0.0949. The molecular formula is C9H7F2N3O. The van der Waals surface area contributed by atoms with Gasteiger partial charge in [0.15, 0.2) is 0 Å². The second kappa shape index (κ2) is 3.38. The average molecular weight is 211 g/mol. The lowest BCUT2D eigenvalue weighted by molar-refractivity contribution is 0.0680. The molecule has 0 unspecified atom stereocenters. The predicted octanol–water partition coefficient (Wildman–Crippen LogP) is 1.42. The number of fused-ring (bicyclic) bond motifs is 1. The van der Waals surface area contributed by atoms with E-state index < -0.39 is 12.2 Å². The molecule has 0 aliphatic heterocycles. The van der Waals surface area contributed by atoms with Crippen molar-refractivity contribution in [3.05, 3.63) is 24.3 Å². The summed E-state index contributed by atoms with van der Waals surface area (Å²) in [5, 5.41) is 0. The summed E-state index contributed by atoms with van der Waals surface area (Å²) in [6, 6.07) is 0. The maximum Gasteiger partial charge on any atom is 0.300 e. The number of carbonyl (C=O) groups excluding carboxylic acids is 1. The molecule has 0 aromatic carbocycles. The third-order valence-corrected chi connectivity index (χ3v) is 2.08. The molecule has 2 aromatic rings. The molecule has 0 atom stereocenters. The molecule has 78 valence electrons. The lowest BCUT2D eigenvalue weighted by Gasteiger charge is -2.02. The van der Waals surface area contributed by atoms with Crippen LogP contribution >= 0.6 is 0 Å². The molecule has 0 fully saturated rings. The van der Waals surface area contributed by atoms with E-state index in [1.807, 2.05) is 0 Å². The van der Waals surface area contributed by atoms with E-state index in [4.69, 9.17) is 0 Å². The fourth-order valence-electron chi connectivity index (χ4n) is 1.41. The van der Waals surface area contributed by atoms with Crippen LogP contribution in [0, 0.1) is 0 Å². The van der Waals surface area contributed by atoms with Crippen molar-refractivity contribution in [1.82, 2.24) is 14.5 Å². The average Bonchev–Trinajstić information content (AvgIpc) is 2.59. The zero-order chi connectivity index (χ0) is 11.0. The maximum absolute atomic E-state index is 12.3. The van der Waals surface area contributed by atoms with Crippen molar-refractivity contribution in [2.24, 2.45) is 7.05 Å². The number of imidazole rings is 1. The summed E-state index contributed by atoms with van der Waals surface area (Å²) in [5.41, 5.74) is 0.724. The molecular weight excluding hydrogens is 204 g/mol. The number of Topliss-reactive ketones (excluding diaryl/α,β-unsaturated/α-hetero) is 1. The molecule has 0 bridgehead atoms. The zero-order valence-electron chi connectivity index (χ0n) is 7.82. The van der Waals surface area contributed by atoms with Crippen molar-refractivity contribution >= 4 is 16.8 Å². The van der Waals surface area contributed by atoms with E-state index in [0.29, 0.717) is 11.0 Å². The number of aromatic nitrogens is 3. The number of carbonyl (C=O) groups is 1. The molecule has 4 nitrogen and oxygen atoms in total. The first-order valence-corrected chi connectivity index (χ1v) is 4.18. The van der Waals surface area contributed by atoms with Crippen LogP contribution in [0.1, 0.15) is 10.4 Å². The summed E-state index contributed by atoms with van der Waals surface area (Å²) >= 11 is 0. The standard InChI is InChI=1S/C9H7F2N3O/c1-14-4-13-6-3-12-2-5(7(6)14)8(15)9(10)11/h2-4,9H,1H3. The number of nitrogens with zero attached hydrogens (tertiary/aromatic N) is 3. The van der Waals surface area contributed by atoms with E-state index >= 15 is 0 Å². The normalized spacial score (nSPS) is 11.2. The minimum atomic E-state index is -3.02. The Morgan fingerprint density at radius 1 is 1.47 bits per heavy atom. The summed E-state index contributed by atoms with van der Waals surface area (Å²) in [6.45, 7) is 0. The molecule has 0 aliphatic rings. The van der Waals surface area contributed by atoms with E-state index in [-0.39, 0.29) is 5.56 Å². The van der Waals surface area contributed by atoms with Crippen molar-refractivity contribution in [2.45, 2.75) is 6.43 Å². The van der Waals surface area contributed by atoms with Gasteiger partial charge in [-0.1, -0.05) is 0 Å². The molecule has 0 amide bonds. The van der Waals surface area contributed by atoms with Crippen LogP contribution in [0.3, 0.4) is 0 Å². The van der Waals surface area contributed by atoms with Gasteiger partial charge < -0.3 is 4.57 Å². The summed E-state index contributed by atoms with van der Waals surface area (Å²) in [7, 11) is 1.64. The smallest absolute Gasteiger partial charge is 0.300 e. The summed E-state index contributed by atoms with van der Waals surface area (Å²) in [6.07, 6.45) is 0.998. The topological polar surface area (TPSA) is 47.8 Å². The molecule has 0 N–H and O–H groups in total. The Morgan fingerprint density at radius 2 is 2.20 bits per heavy atom. The van der Waals surface area contributed by atoms with Crippen LogP contribution in [-0.2, 0) is 7.05 Å². The molecule has 15 heavy (non-hydrogen) atoms. The Labute approximate surface area is 83.6 Å².